The van der Waals surface area contributed by atoms with E-state index in [0.717, 1.165) is 4.90 Å². The zero-order valence-corrected chi connectivity index (χ0v) is 14.3. The van der Waals surface area contributed by atoms with Crippen LogP contribution in [0.25, 0.3) is 0 Å². The van der Waals surface area contributed by atoms with Crippen molar-refractivity contribution in [3.63, 3.8) is 0 Å². The SMILES string of the molecule is O=C(CCN1C(=O)Cc2ccccc2C1=O)OCc1ccc([N+](=O)[O-])cc1. The summed E-state index contributed by atoms with van der Waals surface area (Å²) in [5.41, 5.74) is 1.71. The second-order valence-corrected chi connectivity index (χ2v) is 6.02. The monoisotopic (exact) mass is 368 g/mol. The van der Waals surface area contributed by atoms with E-state index >= 15 is 0 Å². The number of nitro benzene ring substituents is 1. The van der Waals surface area contributed by atoms with E-state index in [0.29, 0.717) is 16.7 Å². The number of ether oxygens (including phenoxy) is 1. The van der Waals surface area contributed by atoms with Crippen LogP contribution in [0.15, 0.2) is 48.5 Å². The number of amides is 2. The zero-order chi connectivity index (χ0) is 19.4. The smallest absolute Gasteiger partial charge is 0.307 e. The Morgan fingerprint density at radius 2 is 1.81 bits per heavy atom. The van der Waals surface area contributed by atoms with E-state index < -0.39 is 16.8 Å². The number of hydrogen-bond acceptors (Lipinski definition) is 6. The lowest BCUT2D eigenvalue weighted by atomic mass is 9.98. The van der Waals surface area contributed by atoms with Crippen molar-refractivity contribution in [3.8, 4) is 0 Å². The van der Waals surface area contributed by atoms with Crippen molar-refractivity contribution >= 4 is 23.5 Å². The van der Waals surface area contributed by atoms with Crippen molar-refractivity contribution in [1.82, 2.24) is 4.90 Å². The summed E-state index contributed by atoms with van der Waals surface area (Å²) in [7, 11) is 0. The van der Waals surface area contributed by atoms with E-state index in [1.807, 2.05) is 0 Å². The number of imide groups is 1. The minimum absolute atomic E-state index is 0.0401. The first-order valence-corrected chi connectivity index (χ1v) is 8.27. The van der Waals surface area contributed by atoms with Gasteiger partial charge in [0.05, 0.1) is 17.8 Å². The molecule has 0 saturated carbocycles. The highest BCUT2D eigenvalue weighted by Gasteiger charge is 2.30. The van der Waals surface area contributed by atoms with Gasteiger partial charge in [-0.2, -0.15) is 0 Å². The van der Waals surface area contributed by atoms with E-state index in [1.165, 1.54) is 24.3 Å². The fraction of sp³-hybridized carbons (Fsp3) is 0.211. The third-order valence-corrected chi connectivity index (χ3v) is 4.22. The highest BCUT2D eigenvalue weighted by molar-refractivity contribution is 6.09. The molecule has 0 radical (unpaired) electrons. The van der Waals surface area contributed by atoms with Gasteiger partial charge in [-0.05, 0) is 29.3 Å². The van der Waals surface area contributed by atoms with Gasteiger partial charge in [-0.3, -0.25) is 29.4 Å². The molecule has 138 valence electrons. The molecule has 2 aromatic carbocycles. The molecule has 27 heavy (non-hydrogen) atoms. The molecule has 3 rings (SSSR count). The second kappa shape index (κ2) is 7.77. The Bertz CT molecular complexity index is 907. The molecule has 0 aliphatic carbocycles. The molecule has 1 aliphatic rings. The Morgan fingerprint density at radius 1 is 1.11 bits per heavy atom. The van der Waals surface area contributed by atoms with Crippen LogP contribution in [0.5, 0.6) is 0 Å². The topological polar surface area (TPSA) is 107 Å². The van der Waals surface area contributed by atoms with Crippen LogP contribution in [0.3, 0.4) is 0 Å². The van der Waals surface area contributed by atoms with Crippen LogP contribution in [-0.2, 0) is 27.4 Å². The fourth-order valence-electron chi connectivity index (χ4n) is 2.78. The average molecular weight is 368 g/mol. The zero-order valence-electron chi connectivity index (χ0n) is 14.3. The van der Waals surface area contributed by atoms with Crippen LogP contribution < -0.4 is 0 Å². The van der Waals surface area contributed by atoms with Gasteiger partial charge in [0.2, 0.25) is 5.91 Å². The van der Waals surface area contributed by atoms with E-state index in [1.54, 1.807) is 24.3 Å². The summed E-state index contributed by atoms with van der Waals surface area (Å²) in [6.07, 6.45) is 0.00633. The molecule has 0 bridgehead atoms. The Hall–Kier alpha value is -3.55. The van der Waals surface area contributed by atoms with Gasteiger partial charge < -0.3 is 4.74 Å². The third kappa shape index (κ3) is 4.17. The standard InChI is InChI=1S/C19H16N2O6/c22-17-11-14-3-1-2-4-16(14)19(24)20(17)10-9-18(23)27-12-13-5-7-15(8-6-13)21(25)26/h1-8H,9-12H2. The molecule has 2 aromatic rings. The van der Waals surface area contributed by atoms with Crippen molar-refractivity contribution < 1.29 is 24.0 Å². The largest absolute Gasteiger partial charge is 0.461 e. The summed E-state index contributed by atoms with van der Waals surface area (Å²) in [5.74, 6) is -1.32. The molecule has 0 N–H and O–H groups in total. The van der Waals surface area contributed by atoms with E-state index in [2.05, 4.69) is 0 Å². The number of nitrogens with zero attached hydrogens (tertiary/aromatic N) is 2. The van der Waals surface area contributed by atoms with E-state index in [4.69, 9.17) is 4.74 Å². The number of hydrogen-bond donors (Lipinski definition) is 0. The number of non-ortho nitro benzene ring substituents is 1. The van der Waals surface area contributed by atoms with Crippen molar-refractivity contribution in [2.24, 2.45) is 0 Å². The summed E-state index contributed by atoms with van der Waals surface area (Å²) >= 11 is 0. The first-order valence-electron chi connectivity index (χ1n) is 8.27. The number of fused-ring (bicyclic) bond motifs is 1. The summed E-state index contributed by atoms with van der Waals surface area (Å²) in [4.78, 5) is 47.6. The van der Waals surface area contributed by atoms with Crippen LogP contribution in [0.2, 0.25) is 0 Å². The summed E-state index contributed by atoms with van der Waals surface area (Å²) in [6.45, 7) is -0.0906. The Morgan fingerprint density at radius 3 is 2.52 bits per heavy atom. The minimum atomic E-state index is -0.562. The van der Waals surface area contributed by atoms with Gasteiger partial charge in [-0.15, -0.1) is 0 Å². The fourth-order valence-corrected chi connectivity index (χ4v) is 2.78. The van der Waals surface area contributed by atoms with Gasteiger partial charge in [0.25, 0.3) is 11.6 Å². The van der Waals surface area contributed by atoms with E-state index in [9.17, 15) is 24.5 Å². The molecule has 0 spiro atoms. The highest BCUT2D eigenvalue weighted by Crippen LogP contribution is 2.20. The van der Waals surface area contributed by atoms with Gasteiger partial charge in [-0.25, -0.2) is 0 Å². The molecule has 0 saturated heterocycles. The molecule has 8 heteroatoms. The average Bonchev–Trinajstić information content (AvgIpc) is 2.66. The van der Waals surface area contributed by atoms with E-state index in [-0.39, 0.29) is 37.6 Å². The van der Waals surface area contributed by atoms with Crippen molar-refractivity contribution in [1.29, 1.82) is 0 Å². The molecule has 0 unspecified atom stereocenters. The second-order valence-electron chi connectivity index (χ2n) is 6.02. The van der Waals surface area contributed by atoms with Crippen molar-refractivity contribution in [3.05, 3.63) is 75.3 Å². The third-order valence-electron chi connectivity index (χ3n) is 4.22. The molecule has 0 atom stereocenters. The normalized spacial score (nSPS) is 13.3. The molecule has 0 aromatic heterocycles. The minimum Gasteiger partial charge on any atom is -0.461 e. The first kappa shape index (κ1) is 18.2. The van der Waals surface area contributed by atoms with Gasteiger partial charge in [-0.1, -0.05) is 18.2 Å². The maximum absolute atomic E-state index is 12.4. The van der Waals surface area contributed by atoms with Crippen LogP contribution >= 0.6 is 0 Å². The van der Waals surface area contributed by atoms with Crippen LogP contribution in [0.4, 0.5) is 5.69 Å². The van der Waals surface area contributed by atoms with Crippen molar-refractivity contribution in [2.75, 3.05) is 6.54 Å². The number of benzene rings is 2. The van der Waals surface area contributed by atoms with Gasteiger partial charge in [0.15, 0.2) is 0 Å². The molecular weight excluding hydrogens is 352 g/mol. The first-order chi connectivity index (χ1) is 13.0. The predicted molar refractivity (Wildman–Crippen MR) is 93.7 cm³/mol. The Labute approximate surface area is 154 Å². The lowest BCUT2D eigenvalue weighted by Gasteiger charge is -2.26. The highest BCUT2D eigenvalue weighted by atomic mass is 16.6. The number of nitro groups is 1. The van der Waals surface area contributed by atoms with Gasteiger partial charge >= 0.3 is 5.97 Å². The Balaban J connectivity index is 1.52. The van der Waals surface area contributed by atoms with Gasteiger partial charge in [0, 0.05) is 24.2 Å². The lowest BCUT2D eigenvalue weighted by molar-refractivity contribution is -0.384. The van der Waals surface area contributed by atoms with Crippen LogP contribution in [0, 0.1) is 10.1 Å². The molecule has 1 aliphatic heterocycles. The van der Waals surface area contributed by atoms with Crippen molar-refractivity contribution in [2.45, 2.75) is 19.4 Å². The molecular formula is C19H16N2O6. The maximum atomic E-state index is 12.4. The molecule has 1 heterocycles. The maximum Gasteiger partial charge on any atom is 0.307 e. The summed E-state index contributed by atoms with van der Waals surface area (Å²) in [6, 6.07) is 12.5. The predicted octanol–water partition coefficient (Wildman–Crippen LogP) is 2.25. The van der Waals surface area contributed by atoms with Gasteiger partial charge in [0.1, 0.15) is 6.61 Å². The van der Waals surface area contributed by atoms with Crippen LogP contribution in [0.1, 0.15) is 27.9 Å². The molecule has 2 amide bonds. The molecule has 8 nitrogen and oxygen atoms in total. The quantitative estimate of drug-likeness (QED) is 0.335. The number of esters is 1. The number of carbonyl (C=O) groups excluding carboxylic acids is 3. The van der Waals surface area contributed by atoms with Crippen LogP contribution in [-0.4, -0.2) is 34.2 Å². The number of carbonyl (C=O) groups is 3. The molecule has 0 fully saturated rings. The summed E-state index contributed by atoms with van der Waals surface area (Å²) in [5, 5.41) is 10.6. The Kier molecular flexibility index (Phi) is 5.25. The number of rotatable bonds is 6. The summed E-state index contributed by atoms with van der Waals surface area (Å²) < 4.78 is 5.10. The lowest BCUT2D eigenvalue weighted by Crippen LogP contribution is -2.43.